The number of benzene rings is 9. The molecule has 3 heterocycles. The molecule has 0 saturated carbocycles. The number of aryl methyl sites for hydroxylation is 1. The Morgan fingerprint density at radius 3 is 1.75 bits per heavy atom. The number of nitrogens with zero attached hydrogens (tertiary/aromatic N) is 4. The molecule has 79 heavy (non-hydrogen) atoms. The van der Waals surface area contributed by atoms with Gasteiger partial charge < -0.3 is 19.1 Å². The van der Waals surface area contributed by atoms with Gasteiger partial charge in [0.25, 0.3) is 0 Å². The van der Waals surface area contributed by atoms with Gasteiger partial charge in [-0.2, -0.15) is 6.07 Å². The van der Waals surface area contributed by atoms with Gasteiger partial charge in [0.2, 0.25) is 0 Å². The number of hydrogen-bond acceptors (Lipinski definition) is 4. The van der Waals surface area contributed by atoms with E-state index in [1.54, 1.807) is 12.3 Å². The Hall–Kier alpha value is -7.98. The molecule has 396 valence electrons. The largest absolute Gasteiger partial charge is 0.509 e. The summed E-state index contributed by atoms with van der Waals surface area (Å²) in [6, 6.07) is 77.2. The minimum Gasteiger partial charge on any atom is -0.509 e. The number of para-hydroxylation sites is 3. The molecule has 0 N–H and O–H groups in total. The maximum absolute atomic E-state index is 8.71. The first-order chi connectivity index (χ1) is 38.7. The van der Waals surface area contributed by atoms with E-state index in [0.717, 1.165) is 83.5 Å². The minimum absolute atomic E-state index is 0. The van der Waals surface area contributed by atoms with Crippen molar-refractivity contribution in [2.45, 2.75) is 85.4 Å². The second-order valence-corrected chi connectivity index (χ2v) is 23.6. The molecule has 1 aliphatic rings. The number of rotatable bonds is 9. The number of aromatic nitrogens is 2. The van der Waals surface area contributed by atoms with Gasteiger partial charge in [0.1, 0.15) is 5.82 Å². The molecule has 0 amide bonds. The summed E-state index contributed by atoms with van der Waals surface area (Å²) in [5.74, 6) is 1.49. The Morgan fingerprint density at radius 1 is 0.468 bits per heavy atom. The van der Waals surface area contributed by atoms with Gasteiger partial charge in [0, 0.05) is 82.1 Å². The Balaban J connectivity index is 0.00000705. The molecule has 0 atom stereocenters. The molecule has 0 bridgehead atoms. The Bertz CT molecular complexity index is 4170. The van der Waals surface area contributed by atoms with Crippen LogP contribution in [0.2, 0.25) is 0 Å². The summed E-state index contributed by atoms with van der Waals surface area (Å²) in [6.07, 6.45) is 1.68. The third-order valence-electron chi connectivity index (χ3n) is 15.1. The third-order valence-corrected chi connectivity index (χ3v) is 15.1. The summed E-state index contributed by atoms with van der Waals surface area (Å²) in [4.78, 5) is 9.57. The fourth-order valence-corrected chi connectivity index (χ4v) is 10.8. The average Bonchev–Trinajstić information content (AvgIpc) is 2.74. The van der Waals surface area contributed by atoms with E-state index in [9.17, 15) is 0 Å². The summed E-state index contributed by atoms with van der Waals surface area (Å²) in [7, 11) is 0. The van der Waals surface area contributed by atoms with Crippen molar-refractivity contribution in [2.75, 3.05) is 9.80 Å². The molecule has 9 aromatic carbocycles. The molecule has 0 saturated heterocycles. The predicted octanol–water partition coefficient (Wildman–Crippen LogP) is 19.8. The van der Waals surface area contributed by atoms with E-state index in [0.29, 0.717) is 28.4 Å². The zero-order chi connectivity index (χ0) is 56.6. The fraction of sp³-hybridized carbons (Fsp3) is 0.178. The van der Waals surface area contributed by atoms with Crippen LogP contribution in [0, 0.1) is 25.7 Å². The first-order valence-corrected chi connectivity index (χ1v) is 26.9. The first-order valence-electron chi connectivity index (χ1n) is 28.4. The van der Waals surface area contributed by atoms with E-state index < -0.39 is 6.85 Å². The van der Waals surface area contributed by atoms with E-state index >= 15 is 0 Å². The molecular formula is C73H65N4OPt-3. The molecule has 0 fully saturated rings. The predicted molar refractivity (Wildman–Crippen MR) is 327 cm³/mol. The normalized spacial score (nSPS) is 13.5. The monoisotopic (exact) mass is 1210 g/mol. The van der Waals surface area contributed by atoms with Crippen LogP contribution < -0.4 is 14.5 Å². The molecule has 2 aromatic heterocycles. The second-order valence-electron chi connectivity index (χ2n) is 23.6. The Labute approximate surface area is 485 Å². The number of fused-ring (bicyclic) bond motifs is 4. The summed E-state index contributed by atoms with van der Waals surface area (Å²) in [5.41, 5.74) is 17.0. The molecule has 12 rings (SSSR count). The molecule has 6 heteroatoms. The molecule has 0 aliphatic carbocycles. The topological polar surface area (TPSA) is 33.5 Å². The summed E-state index contributed by atoms with van der Waals surface area (Å²) in [6.45, 7) is 19.8. The fourth-order valence-electron chi connectivity index (χ4n) is 10.8. The van der Waals surface area contributed by atoms with Crippen molar-refractivity contribution in [2.24, 2.45) is 0 Å². The molecule has 11 aromatic rings. The number of ether oxygens (including phenoxy) is 1. The maximum atomic E-state index is 8.71. The van der Waals surface area contributed by atoms with Crippen molar-refractivity contribution in [3.63, 3.8) is 0 Å². The average molecular weight is 1210 g/mol. The van der Waals surface area contributed by atoms with Crippen LogP contribution in [0.1, 0.15) is 88.7 Å². The van der Waals surface area contributed by atoms with Gasteiger partial charge in [-0.25, -0.2) is 4.98 Å². The van der Waals surface area contributed by atoms with Crippen LogP contribution >= 0.6 is 0 Å². The summed E-state index contributed by atoms with van der Waals surface area (Å²) >= 11 is 0. The first kappa shape index (κ1) is 49.3. The molecule has 1 aliphatic heterocycles. The maximum Gasteiger partial charge on any atom is 0.135 e. The van der Waals surface area contributed by atoms with Crippen LogP contribution in [0.15, 0.2) is 206 Å². The van der Waals surface area contributed by atoms with Crippen molar-refractivity contribution in [3.8, 4) is 61.8 Å². The van der Waals surface area contributed by atoms with Crippen molar-refractivity contribution >= 4 is 44.6 Å². The van der Waals surface area contributed by atoms with Crippen molar-refractivity contribution in [3.05, 3.63) is 247 Å². The Morgan fingerprint density at radius 2 is 1.06 bits per heavy atom. The molecule has 0 spiro atoms. The SMILES string of the molecule is [2H]C([2H])([2H])c1cc(-n2c3[c-]c(Oc4[c-]c(N5[CH-]N(c6c(-c7ccc(C(C)(C)C)cc7)cccc6-c6cccc(-c7ccccc7)c6)c6ccccc65)cc(C(C)(C)C)c4)ccc3c3cc(C(C)(C)C)ccc32)ncc1-c1ccccc1.[Pt]. The van der Waals surface area contributed by atoms with Crippen molar-refractivity contribution in [1.82, 2.24) is 9.55 Å². The second kappa shape index (κ2) is 20.7. The van der Waals surface area contributed by atoms with Gasteiger partial charge in [-0.15, -0.1) is 53.6 Å². The molecule has 5 nitrogen and oxygen atoms in total. The van der Waals surface area contributed by atoms with E-state index in [2.05, 4.69) is 249 Å². The van der Waals surface area contributed by atoms with Crippen LogP contribution in [0.3, 0.4) is 0 Å². The van der Waals surface area contributed by atoms with E-state index in [4.69, 9.17) is 13.8 Å². The summed E-state index contributed by atoms with van der Waals surface area (Å²) in [5, 5.41) is 1.96. The zero-order valence-corrected chi connectivity index (χ0v) is 48.5. The van der Waals surface area contributed by atoms with Crippen LogP contribution in [0.5, 0.6) is 11.5 Å². The smallest absolute Gasteiger partial charge is 0.135 e. The molecular weight excluding hydrogens is 1140 g/mol. The van der Waals surface area contributed by atoms with Gasteiger partial charge in [-0.1, -0.05) is 213 Å². The quantitative estimate of drug-likeness (QED) is 0.135. The van der Waals surface area contributed by atoms with Crippen molar-refractivity contribution in [1.29, 1.82) is 0 Å². The standard InChI is InChI=1S/C73H65N4O.Pt/c1-48-39-69(74-46-64(48)50-23-15-12-16-24-50)77-65-38-35-55(72(5,6)7)43-63(65)62-37-36-58(45-68(62)77)78-59-42-56(73(8,9)10)41-57(44-59)75-47-76(67-30-18-17-29-66(67)75)70-60(51-31-33-54(34-32-51)71(2,3)4)27-20-28-61(70)53-26-19-25-52(40-53)49-21-13-11-14-22-49;/h11-43,46-47H,1-10H3;/q-3;/i1D3;. The Kier molecular flexibility index (Phi) is 12.9. The van der Waals surface area contributed by atoms with Gasteiger partial charge in [-0.05, 0) is 103 Å². The van der Waals surface area contributed by atoms with Crippen LogP contribution in [0.4, 0.5) is 22.7 Å². The number of hydrogen-bond donors (Lipinski definition) is 0. The zero-order valence-electron chi connectivity index (χ0n) is 49.2. The van der Waals surface area contributed by atoms with Crippen LogP contribution in [-0.2, 0) is 37.3 Å². The third kappa shape index (κ3) is 10.2. The van der Waals surface area contributed by atoms with Gasteiger partial charge >= 0.3 is 0 Å². The number of anilines is 4. The van der Waals surface area contributed by atoms with E-state index in [1.165, 1.54) is 11.1 Å². The van der Waals surface area contributed by atoms with Crippen LogP contribution in [0.25, 0.3) is 72.1 Å². The van der Waals surface area contributed by atoms with Gasteiger partial charge in [0.15, 0.2) is 0 Å². The summed E-state index contributed by atoms with van der Waals surface area (Å²) < 4.78 is 35.1. The molecule has 0 unspecified atom stereocenters. The van der Waals surface area contributed by atoms with Gasteiger partial charge in [0.05, 0.1) is 0 Å². The minimum atomic E-state index is -2.41. The molecule has 0 radical (unpaired) electrons. The van der Waals surface area contributed by atoms with E-state index in [1.807, 2.05) is 41.0 Å². The van der Waals surface area contributed by atoms with Crippen molar-refractivity contribution < 1.29 is 29.9 Å². The number of pyridine rings is 1. The van der Waals surface area contributed by atoms with Crippen LogP contribution in [-0.4, -0.2) is 9.55 Å². The van der Waals surface area contributed by atoms with E-state index in [-0.39, 0.29) is 42.9 Å². The van der Waals surface area contributed by atoms with Gasteiger partial charge in [-0.3, -0.25) is 0 Å².